The molecule has 1 aliphatic heterocycles. The number of hydrogen-bond acceptors (Lipinski definition) is 2. The van der Waals surface area contributed by atoms with E-state index in [0.29, 0.717) is 5.41 Å². The van der Waals surface area contributed by atoms with Gasteiger partial charge in [0.15, 0.2) is 7.98 Å². The highest BCUT2D eigenvalue weighted by molar-refractivity contribution is 6.32. The van der Waals surface area contributed by atoms with Gasteiger partial charge in [0.05, 0.1) is 0 Å². The van der Waals surface area contributed by atoms with E-state index in [1.165, 1.54) is 29.7 Å². The molecule has 0 atom stereocenters. The number of fused-ring (bicyclic) bond motifs is 1. The second-order valence-corrected chi connectivity index (χ2v) is 7.81. The van der Waals surface area contributed by atoms with Gasteiger partial charge in [-0.3, -0.25) is 0 Å². The van der Waals surface area contributed by atoms with E-state index in [9.17, 15) is 0 Å². The molecule has 1 aromatic carbocycles. The fraction of sp³-hybridized carbons (Fsp3) is 0.652. The first-order valence-electron chi connectivity index (χ1n) is 10.3. The van der Waals surface area contributed by atoms with Crippen LogP contribution in [0.15, 0.2) is 30.4 Å². The van der Waals surface area contributed by atoms with Crippen LogP contribution in [0.2, 0.25) is 0 Å². The summed E-state index contributed by atoms with van der Waals surface area (Å²) in [6.07, 6.45) is 4.69. The number of aryl methyl sites for hydroxylation is 1. The van der Waals surface area contributed by atoms with Crippen LogP contribution >= 0.6 is 0 Å². The molecular formula is C23H42B2N2. The molecule has 0 unspecified atom stereocenters. The molecule has 1 N–H and O–H groups in total. The van der Waals surface area contributed by atoms with Crippen molar-refractivity contribution in [2.45, 2.75) is 74.1 Å². The van der Waals surface area contributed by atoms with Gasteiger partial charge >= 0.3 is 0 Å². The van der Waals surface area contributed by atoms with E-state index in [-0.39, 0.29) is 0 Å². The number of rotatable bonds is 3. The molecule has 0 aliphatic carbocycles. The van der Waals surface area contributed by atoms with E-state index in [4.69, 9.17) is 15.8 Å². The van der Waals surface area contributed by atoms with Gasteiger partial charge in [-0.15, -0.1) is 0 Å². The Balaban J connectivity index is 0. The third kappa shape index (κ3) is 14.6. The Labute approximate surface area is 173 Å². The molecule has 150 valence electrons. The minimum atomic E-state index is 0.424. The van der Waals surface area contributed by atoms with Crippen molar-refractivity contribution in [3.05, 3.63) is 35.9 Å². The van der Waals surface area contributed by atoms with Crippen LogP contribution in [0, 0.1) is 5.41 Å². The normalized spacial score (nSPS) is 12.2. The Bertz CT molecular complexity index is 506. The lowest BCUT2D eigenvalue weighted by Crippen LogP contribution is -2.25. The van der Waals surface area contributed by atoms with Gasteiger partial charge in [-0.25, -0.2) is 0 Å². The first-order valence-corrected chi connectivity index (χ1v) is 10.3. The quantitative estimate of drug-likeness (QED) is 0.600. The fourth-order valence-corrected chi connectivity index (χ4v) is 2.68. The topological polar surface area (TPSA) is 15.3 Å². The lowest BCUT2D eigenvalue weighted by atomic mass is 9.88. The number of nitrogens with one attached hydrogen (secondary N) is 1. The highest BCUT2D eigenvalue weighted by atomic mass is 15.1. The molecule has 1 aromatic rings. The fourth-order valence-electron chi connectivity index (χ4n) is 2.68. The average Bonchev–Trinajstić information content (AvgIpc) is 2.62. The molecule has 4 heteroatoms. The van der Waals surface area contributed by atoms with Crippen LogP contribution in [-0.4, -0.2) is 36.0 Å². The second-order valence-electron chi connectivity index (χ2n) is 7.81. The van der Waals surface area contributed by atoms with E-state index in [1.54, 1.807) is 0 Å². The molecule has 27 heavy (non-hydrogen) atoms. The maximum absolute atomic E-state index is 5.71. The predicted octanol–water partition coefficient (Wildman–Crippen LogP) is 4.96. The first kappa shape index (κ1) is 28.1. The van der Waals surface area contributed by atoms with Gasteiger partial charge in [-0.2, -0.15) is 0 Å². The van der Waals surface area contributed by atoms with Crippen molar-refractivity contribution in [1.82, 2.24) is 5.23 Å². The molecule has 0 bridgehead atoms. The average molecular weight is 368 g/mol. The molecular weight excluding hydrogens is 326 g/mol. The Morgan fingerprint density at radius 2 is 1.78 bits per heavy atom. The van der Waals surface area contributed by atoms with Gasteiger partial charge in [-0.1, -0.05) is 78.2 Å². The van der Waals surface area contributed by atoms with Gasteiger partial charge in [0.1, 0.15) is 7.85 Å². The van der Waals surface area contributed by atoms with Crippen molar-refractivity contribution >= 4 is 27.0 Å². The second kappa shape index (κ2) is 15.9. The van der Waals surface area contributed by atoms with Gasteiger partial charge in [0.25, 0.3) is 0 Å². The summed E-state index contributed by atoms with van der Waals surface area (Å²) in [5.41, 5.74) is 5.40. The smallest absolute Gasteiger partial charge is 0.177 e. The summed E-state index contributed by atoms with van der Waals surface area (Å²) in [5, 5.41) is 2.43. The SMILES string of the molecule is C=C(CC)CC(C)(C)C.CC.[B]NCC.[B]c1ccc2c(c1)CCCN2C. The van der Waals surface area contributed by atoms with Crippen LogP contribution in [0.25, 0.3) is 0 Å². The molecule has 0 fully saturated rings. The van der Waals surface area contributed by atoms with E-state index in [2.05, 4.69) is 63.6 Å². The predicted molar refractivity (Wildman–Crippen MR) is 128 cm³/mol. The Hall–Kier alpha value is -1.15. The summed E-state index contributed by atoms with van der Waals surface area (Å²) in [6.45, 7) is 20.8. The van der Waals surface area contributed by atoms with Crippen molar-refractivity contribution in [3.8, 4) is 0 Å². The summed E-state index contributed by atoms with van der Waals surface area (Å²) >= 11 is 0. The molecule has 0 saturated carbocycles. The largest absolute Gasteiger partial charge is 0.374 e. The van der Waals surface area contributed by atoms with Crippen molar-refractivity contribution < 1.29 is 0 Å². The Morgan fingerprint density at radius 1 is 1.22 bits per heavy atom. The summed E-state index contributed by atoms with van der Waals surface area (Å²) in [4.78, 5) is 2.29. The first-order chi connectivity index (χ1) is 12.6. The van der Waals surface area contributed by atoms with Gasteiger partial charge < -0.3 is 10.1 Å². The minimum absolute atomic E-state index is 0.424. The molecule has 1 aliphatic rings. The number of nitrogens with zero attached hydrogens (tertiary/aromatic N) is 1. The maximum Gasteiger partial charge on any atom is 0.177 e. The molecule has 0 spiro atoms. The zero-order valence-corrected chi connectivity index (χ0v) is 19.3. The minimum Gasteiger partial charge on any atom is -0.374 e. The maximum atomic E-state index is 5.71. The molecule has 2 nitrogen and oxygen atoms in total. The number of hydrogen-bond donors (Lipinski definition) is 1. The molecule has 0 aromatic heterocycles. The van der Waals surface area contributed by atoms with Crippen molar-refractivity contribution in [2.75, 3.05) is 25.0 Å². The number of benzene rings is 1. The van der Waals surface area contributed by atoms with Crippen LogP contribution in [0.5, 0.6) is 0 Å². The van der Waals surface area contributed by atoms with Crippen LogP contribution in [0.4, 0.5) is 5.69 Å². The highest BCUT2D eigenvalue weighted by Crippen LogP contribution is 2.24. The standard InChI is InChI=1S/C10H12BN.C9H18.C2H6BN.C2H6/c1-12-6-2-3-8-7-9(11)4-5-10(8)12;1-6-8(2)7-9(3,4)5;1-2-4-3;1-2/h4-5,7H,2-3,6H2,1H3;2,6-7H2,1,3-5H3;4H,2H2,1H3;1-2H3. The lowest BCUT2D eigenvalue weighted by Gasteiger charge is -2.27. The summed E-state index contributed by atoms with van der Waals surface area (Å²) in [5.74, 6) is 0. The van der Waals surface area contributed by atoms with E-state index < -0.39 is 0 Å². The van der Waals surface area contributed by atoms with Crippen molar-refractivity contribution in [1.29, 1.82) is 0 Å². The summed E-state index contributed by atoms with van der Waals surface area (Å²) < 4.78 is 0. The van der Waals surface area contributed by atoms with Crippen molar-refractivity contribution in [3.63, 3.8) is 0 Å². The zero-order valence-electron chi connectivity index (χ0n) is 19.3. The Kier molecular flexibility index (Phi) is 16.5. The highest BCUT2D eigenvalue weighted by Gasteiger charge is 2.12. The zero-order chi connectivity index (χ0) is 21.5. The van der Waals surface area contributed by atoms with Gasteiger partial charge in [0.2, 0.25) is 0 Å². The van der Waals surface area contributed by atoms with E-state index in [1.807, 2.05) is 26.8 Å². The molecule has 0 saturated heterocycles. The van der Waals surface area contributed by atoms with E-state index in [0.717, 1.165) is 31.4 Å². The van der Waals surface area contributed by atoms with Gasteiger partial charge in [0, 0.05) is 19.3 Å². The molecule has 2 rings (SSSR count). The van der Waals surface area contributed by atoms with E-state index >= 15 is 0 Å². The third-order valence-electron chi connectivity index (χ3n) is 3.94. The summed E-state index contributed by atoms with van der Waals surface area (Å²) in [6, 6.07) is 6.18. The van der Waals surface area contributed by atoms with Crippen LogP contribution in [0.3, 0.4) is 0 Å². The number of allylic oxidation sites excluding steroid dienone is 1. The Morgan fingerprint density at radius 3 is 2.19 bits per heavy atom. The molecule has 1 heterocycles. The van der Waals surface area contributed by atoms with Gasteiger partial charge in [-0.05, 0) is 49.3 Å². The third-order valence-corrected chi connectivity index (χ3v) is 3.94. The molecule has 4 radical (unpaired) electrons. The van der Waals surface area contributed by atoms with Crippen molar-refractivity contribution in [2.24, 2.45) is 5.41 Å². The monoisotopic (exact) mass is 368 g/mol. The lowest BCUT2D eigenvalue weighted by molar-refractivity contribution is 0.406. The van der Waals surface area contributed by atoms with Crippen LogP contribution in [0.1, 0.15) is 73.3 Å². The molecule has 0 amide bonds. The van der Waals surface area contributed by atoms with Crippen LogP contribution < -0.4 is 15.6 Å². The van der Waals surface area contributed by atoms with Crippen LogP contribution in [-0.2, 0) is 6.42 Å². The number of anilines is 1. The summed E-state index contributed by atoms with van der Waals surface area (Å²) in [7, 11) is 12.6.